The van der Waals surface area contributed by atoms with E-state index in [9.17, 15) is 8.42 Å². The van der Waals surface area contributed by atoms with Gasteiger partial charge in [-0.2, -0.15) is 0 Å². The number of halogens is 2. The standard InChI is InChI=1S/C13H14Cl2N2O3S/c1-13(2,21(3,18)19)11-10(12(16)20-17-11)7-4-5-8(14)9(15)6-7/h4-6H,16H2,1-3H3. The summed E-state index contributed by atoms with van der Waals surface area (Å²) in [4.78, 5) is 0. The molecule has 0 aliphatic carbocycles. The first-order valence-electron chi connectivity index (χ1n) is 5.96. The molecule has 0 saturated carbocycles. The predicted octanol–water partition coefficient (Wildman–Crippen LogP) is 3.51. The Kier molecular flexibility index (Phi) is 3.99. The van der Waals surface area contributed by atoms with E-state index in [0.717, 1.165) is 6.26 Å². The monoisotopic (exact) mass is 348 g/mol. The average molecular weight is 349 g/mol. The molecule has 2 N–H and O–H groups in total. The van der Waals surface area contributed by atoms with Crippen LogP contribution in [-0.2, 0) is 14.6 Å². The van der Waals surface area contributed by atoms with E-state index in [1.54, 1.807) is 32.0 Å². The molecule has 5 nitrogen and oxygen atoms in total. The highest BCUT2D eigenvalue weighted by Gasteiger charge is 2.39. The summed E-state index contributed by atoms with van der Waals surface area (Å²) in [6.45, 7) is 3.08. The Morgan fingerprint density at radius 2 is 1.86 bits per heavy atom. The summed E-state index contributed by atoms with van der Waals surface area (Å²) in [7, 11) is -3.43. The lowest BCUT2D eigenvalue weighted by Gasteiger charge is -2.21. The van der Waals surface area contributed by atoms with Gasteiger partial charge in [0.1, 0.15) is 10.4 Å². The summed E-state index contributed by atoms with van der Waals surface area (Å²) in [6.07, 6.45) is 1.14. The summed E-state index contributed by atoms with van der Waals surface area (Å²) in [5.41, 5.74) is 7.04. The minimum Gasteiger partial charge on any atom is -0.367 e. The number of benzene rings is 1. The molecule has 2 aromatic rings. The van der Waals surface area contributed by atoms with Gasteiger partial charge >= 0.3 is 0 Å². The molecule has 0 spiro atoms. The number of rotatable bonds is 3. The minimum absolute atomic E-state index is 0.0279. The van der Waals surface area contributed by atoms with Crippen molar-refractivity contribution in [1.82, 2.24) is 5.16 Å². The fraction of sp³-hybridized carbons (Fsp3) is 0.308. The van der Waals surface area contributed by atoms with E-state index in [0.29, 0.717) is 21.2 Å². The van der Waals surface area contributed by atoms with Gasteiger partial charge in [-0.05, 0) is 31.5 Å². The van der Waals surface area contributed by atoms with Gasteiger partial charge < -0.3 is 10.3 Å². The van der Waals surface area contributed by atoms with Crippen LogP contribution in [0, 0.1) is 0 Å². The third-order valence-corrected chi connectivity index (χ3v) is 6.21. The molecule has 1 aromatic heterocycles. The second kappa shape index (κ2) is 5.19. The van der Waals surface area contributed by atoms with Crippen molar-refractivity contribution in [3.05, 3.63) is 33.9 Å². The van der Waals surface area contributed by atoms with Crippen molar-refractivity contribution in [2.75, 3.05) is 12.0 Å². The molecule has 0 bridgehead atoms. The molecule has 21 heavy (non-hydrogen) atoms. The maximum absolute atomic E-state index is 12.0. The van der Waals surface area contributed by atoms with Gasteiger partial charge in [-0.25, -0.2) is 8.42 Å². The second-order valence-electron chi connectivity index (χ2n) is 5.18. The van der Waals surface area contributed by atoms with Crippen LogP contribution < -0.4 is 5.73 Å². The number of hydrogen-bond donors (Lipinski definition) is 1. The zero-order valence-corrected chi connectivity index (χ0v) is 14.0. The number of hydrogen-bond acceptors (Lipinski definition) is 5. The first-order chi connectivity index (χ1) is 9.55. The van der Waals surface area contributed by atoms with Crippen molar-refractivity contribution in [3.8, 4) is 11.1 Å². The van der Waals surface area contributed by atoms with Crippen molar-refractivity contribution < 1.29 is 12.9 Å². The van der Waals surface area contributed by atoms with Gasteiger partial charge in [0.2, 0.25) is 5.88 Å². The van der Waals surface area contributed by atoms with Crippen LogP contribution in [0.1, 0.15) is 19.5 Å². The van der Waals surface area contributed by atoms with Crippen LogP contribution in [0.15, 0.2) is 22.7 Å². The largest absolute Gasteiger partial charge is 0.367 e. The Balaban J connectivity index is 2.72. The molecule has 0 aliphatic heterocycles. The molecule has 1 aromatic carbocycles. The summed E-state index contributed by atoms with van der Waals surface area (Å²) in [6, 6.07) is 4.87. The molecule has 0 atom stereocenters. The molecule has 0 aliphatic rings. The summed E-state index contributed by atoms with van der Waals surface area (Å²) >= 11 is 11.9. The van der Waals surface area contributed by atoms with E-state index in [-0.39, 0.29) is 11.6 Å². The first-order valence-corrected chi connectivity index (χ1v) is 8.61. The van der Waals surface area contributed by atoms with Gasteiger partial charge in [0.25, 0.3) is 0 Å². The lowest BCUT2D eigenvalue weighted by molar-refractivity contribution is 0.417. The highest BCUT2D eigenvalue weighted by molar-refractivity contribution is 7.91. The van der Waals surface area contributed by atoms with E-state index < -0.39 is 14.6 Å². The van der Waals surface area contributed by atoms with E-state index in [2.05, 4.69) is 5.16 Å². The first kappa shape index (κ1) is 16.1. The molecule has 1 heterocycles. The molecule has 114 valence electrons. The predicted molar refractivity (Wildman–Crippen MR) is 84.2 cm³/mol. The topological polar surface area (TPSA) is 86.2 Å². The number of nitrogens with zero attached hydrogens (tertiary/aromatic N) is 1. The summed E-state index contributed by atoms with van der Waals surface area (Å²) < 4.78 is 27.7. The number of sulfone groups is 1. The van der Waals surface area contributed by atoms with Gasteiger partial charge in [0, 0.05) is 6.26 Å². The van der Waals surface area contributed by atoms with Gasteiger partial charge in [0.15, 0.2) is 9.84 Å². The maximum atomic E-state index is 12.0. The molecule has 2 rings (SSSR count). The van der Waals surface area contributed by atoms with Crippen LogP contribution in [-0.4, -0.2) is 19.8 Å². The quantitative estimate of drug-likeness (QED) is 0.916. The smallest absolute Gasteiger partial charge is 0.230 e. The zero-order chi connectivity index (χ0) is 16.0. The lowest BCUT2D eigenvalue weighted by atomic mass is 9.98. The van der Waals surface area contributed by atoms with E-state index in [1.807, 2.05) is 0 Å². The molecular formula is C13H14Cl2N2O3S. The van der Waals surface area contributed by atoms with Gasteiger partial charge in [0.05, 0.1) is 15.6 Å². The molecule has 0 saturated heterocycles. The maximum Gasteiger partial charge on any atom is 0.230 e. The Bertz CT molecular complexity index is 798. The van der Waals surface area contributed by atoms with Crippen LogP contribution in [0.3, 0.4) is 0 Å². The molecule has 0 radical (unpaired) electrons. The van der Waals surface area contributed by atoms with Crippen molar-refractivity contribution in [2.24, 2.45) is 0 Å². The van der Waals surface area contributed by atoms with Crippen LogP contribution in [0.4, 0.5) is 5.88 Å². The number of nitrogen functional groups attached to an aromatic ring is 1. The van der Waals surface area contributed by atoms with Crippen LogP contribution >= 0.6 is 23.2 Å². The second-order valence-corrected chi connectivity index (χ2v) is 8.56. The third kappa shape index (κ3) is 2.75. The van der Waals surface area contributed by atoms with Crippen LogP contribution in [0.5, 0.6) is 0 Å². The Labute approximate surface area is 132 Å². The third-order valence-electron chi connectivity index (χ3n) is 3.42. The molecular weight excluding hydrogens is 335 g/mol. The SMILES string of the molecule is CC(C)(c1noc(N)c1-c1ccc(Cl)c(Cl)c1)S(C)(=O)=O. The zero-order valence-electron chi connectivity index (χ0n) is 11.6. The van der Waals surface area contributed by atoms with E-state index in [1.165, 1.54) is 0 Å². The normalized spacial score (nSPS) is 12.6. The minimum atomic E-state index is -3.43. The van der Waals surface area contributed by atoms with Crippen molar-refractivity contribution >= 4 is 38.9 Å². The van der Waals surface area contributed by atoms with Crippen LogP contribution in [0.25, 0.3) is 11.1 Å². The van der Waals surface area contributed by atoms with E-state index in [4.69, 9.17) is 33.5 Å². The molecule has 0 unspecified atom stereocenters. The van der Waals surface area contributed by atoms with E-state index >= 15 is 0 Å². The molecule has 0 amide bonds. The van der Waals surface area contributed by atoms with Crippen molar-refractivity contribution in [2.45, 2.75) is 18.6 Å². The summed E-state index contributed by atoms with van der Waals surface area (Å²) in [5.74, 6) is 0.0279. The summed E-state index contributed by atoms with van der Waals surface area (Å²) in [5, 5.41) is 4.55. The number of anilines is 1. The lowest BCUT2D eigenvalue weighted by Crippen LogP contribution is -2.29. The van der Waals surface area contributed by atoms with Crippen molar-refractivity contribution in [1.29, 1.82) is 0 Å². The Morgan fingerprint density at radius 3 is 2.38 bits per heavy atom. The fourth-order valence-corrected chi connectivity index (χ4v) is 2.61. The Hall–Kier alpha value is -1.24. The number of nitrogens with two attached hydrogens (primary N) is 1. The average Bonchev–Trinajstić information content (AvgIpc) is 2.74. The fourth-order valence-electron chi connectivity index (χ4n) is 1.82. The van der Waals surface area contributed by atoms with Crippen molar-refractivity contribution in [3.63, 3.8) is 0 Å². The van der Waals surface area contributed by atoms with Crippen LogP contribution in [0.2, 0.25) is 10.0 Å². The number of aromatic nitrogens is 1. The highest BCUT2D eigenvalue weighted by atomic mass is 35.5. The molecule has 8 heteroatoms. The molecule has 0 fully saturated rings. The van der Waals surface area contributed by atoms with Gasteiger partial charge in [-0.1, -0.05) is 34.4 Å². The van der Waals surface area contributed by atoms with Gasteiger partial charge in [-0.15, -0.1) is 0 Å². The van der Waals surface area contributed by atoms with Gasteiger partial charge in [-0.3, -0.25) is 0 Å². The highest BCUT2D eigenvalue weighted by Crippen LogP contribution is 2.40. The Morgan fingerprint density at radius 1 is 1.24 bits per heavy atom.